The monoisotopic (exact) mass is 259 g/mol. The van der Waals surface area contributed by atoms with Crippen LogP contribution in [0.3, 0.4) is 0 Å². The minimum absolute atomic E-state index is 0.248. The minimum atomic E-state index is 0.248. The van der Waals surface area contributed by atoms with Crippen molar-refractivity contribution in [2.24, 2.45) is 7.05 Å². The summed E-state index contributed by atoms with van der Waals surface area (Å²) < 4.78 is 2.19. The molecule has 0 saturated heterocycles. The zero-order valence-corrected chi connectivity index (χ0v) is 12.5. The minimum Gasteiger partial charge on any atom is -0.330 e. The average Bonchev–Trinajstić information content (AvgIpc) is 2.78. The highest BCUT2D eigenvalue weighted by Crippen LogP contribution is 2.21. The Labute approximate surface area is 116 Å². The second-order valence-electron chi connectivity index (χ2n) is 5.27. The topological polar surface area (TPSA) is 29.9 Å². The molecule has 0 fully saturated rings. The number of hydrogen-bond donors (Lipinski definition) is 1. The van der Waals surface area contributed by atoms with Crippen molar-refractivity contribution in [1.82, 2.24) is 14.9 Å². The summed E-state index contributed by atoms with van der Waals surface area (Å²) >= 11 is 0. The number of nitrogens with zero attached hydrogens (tertiary/aromatic N) is 2. The molecule has 1 heterocycles. The normalized spacial score (nSPS) is 12.2. The van der Waals surface area contributed by atoms with Gasteiger partial charge in [0, 0.05) is 12.6 Å². The van der Waals surface area contributed by atoms with Gasteiger partial charge in [-0.2, -0.15) is 0 Å². The zero-order valence-electron chi connectivity index (χ0n) is 12.5. The van der Waals surface area contributed by atoms with Crippen molar-refractivity contribution in [1.29, 1.82) is 0 Å². The van der Waals surface area contributed by atoms with Gasteiger partial charge in [0.25, 0.3) is 0 Å². The summed E-state index contributed by atoms with van der Waals surface area (Å²) in [5.41, 5.74) is 2.53. The van der Waals surface area contributed by atoms with E-state index in [2.05, 4.69) is 55.9 Å². The molecule has 1 N–H and O–H groups in total. The number of aryl methyl sites for hydroxylation is 1. The van der Waals surface area contributed by atoms with Gasteiger partial charge >= 0.3 is 0 Å². The molecule has 0 aliphatic carbocycles. The highest BCUT2D eigenvalue weighted by molar-refractivity contribution is 5.75. The molecule has 0 aliphatic rings. The van der Waals surface area contributed by atoms with Crippen molar-refractivity contribution >= 4 is 11.0 Å². The summed E-state index contributed by atoms with van der Waals surface area (Å²) in [6.07, 6.45) is 3.47. The van der Waals surface area contributed by atoms with E-state index < -0.39 is 0 Å². The lowest BCUT2D eigenvalue weighted by Gasteiger charge is -2.31. The molecule has 0 radical (unpaired) electrons. The van der Waals surface area contributed by atoms with E-state index in [4.69, 9.17) is 4.98 Å². The van der Waals surface area contributed by atoms with Crippen LogP contribution >= 0.6 is 0 Å². The van der Waals surface area contributed by atoms with Crippen molar-refractivity contribution in [3.63, 3.8) is 0 Å². The third-order valence-corrected chi connectivity index (χ3v) is 4.53. The van der Waals surface area contributed by atoms with Crippen molar-refractivity contribution < 1.29 is 0 Å². The summed E-state index contributed by atoms with van der Waals surface area (Å²) in [6, 6.07) is 8.31. The van der Waals surface area contributed by atoms with Gasteiger partial charge in [-0.15, -0.1) is 0 Å². The number of imidazole rings is 1. The lowest BCUT2D eigenvalue weighted by atomic mass is 9.90. The molecule has 104 valence electrons. The molecule has 1 aromatic carbocycles. The number of rotatable bonds is 6. The van der Waals surface area contributed by atoms with Crippen molar-refractivity contribution in [2.75, 3.05) is 0 Å². The predicted octanol–water partition coefficient (Wildman–Crippen LogP) is 3.63. The van der Waals surface area contributed by atoms with E-state index >= 15 is 0 Å². The van der Waals surface area contributed by atoms with Crippen LogP contribution in [0.2, 0.25) is 0 Å². The molecule has 2 rings (SSSR count). The lowest BCUT2D eigenvalue weighted by Crippen LogP contribution is -2.43. The van der Waals surface area contributed by atoms with Gasteiger partial charge in [0.05, 0.1) is 17.6 Å². The van der Waals surface area contributed by atoms with Gasteiger partial charge in [-0.3, -0.25) is 0 Å². The molecule has 2 aromatic rings. The Kier molecular flexibility index (Phi) is 4.25. The van der Waals surface area contributed by atoms with E-state index in [1.54, 1.807) is 0 Å². The van der Waals surface area contributed by atoms with Gasteiger partial charge in [0.1, 0.15) is 5.82 Å². The standard InChI is InChI=1S/C16H25N3/c1-5-16(6-2,7-3)17-12-15-18-13-10-8-9-11-14(13)19(15)4/h8-11,17H,5-7,12H2,1-4H3. The first-order valence-electron chi connectivity index (χ1n) is 7.31. The van der Waals surface area contributed by atoms with Crippen LogP contribution in [-0.4, -0.2) is 15.1 Å². The van der Waals surface area contributed by atoms with Crippen molar-refractivity contribution in [3.05, 3.63) is 30.1 Å². The van der Waals surface area contributed by atoms with Crippen LogP contribution < -0.4 is 5.32 Å². The van der Waals surface area contributed by atoms with Crippen LogP contribution in [0.15, 0.2) is 24.3 Å². The number of nitrogens with one attached hydrogen (secondary N) is 1. The van der Waals surface area contributed by atoms with Crippen LogP contribution in [0.4, 0.5) is 0 Å². The summed E-state index contributed by atoms with van der Waals surface area (Å²) in [4.78, 5) is 4.72. The third-order valence-electron chi connectivity index (χ3n) is 4.53. The molecule has 0 aliphatic heterocycles. The number of hydrogen-bond acceptors (Lipinski definition) is 2. The van der Waals surface area contributed by atoms with Crippen LogP contribution in [0, 0.1) is 0 Å². The maximum atomic E-state index is 4.72. The number of para-hydroxylation sites is 2. The van der Waals surface area contributed by atoms with E-state index in [0.29, 0.717) is 0 Å². The Bertz CT molecular complexity index is 530. The van der Waals surface area contributed by atoms with Gasteiger partial charge in [0.15, 0.2) is 0 Å². The molecule has 0 saturated carbocycles. The van der Waals surface area contributed by atoms with Gasteiger partial charge in [-0.05, 0) is 31.4 Å². The Morgan fingerprint density at radius 2 is 1.74 bits per heavy atom. The van der Waals surface area contributed by atoms with Crippen LogP contribution in [0.1, 0.15) is 45.9 Å². The fourth-order valence-corrected chi connectivity index (χ4v) is 2.75. The van der Waals surface area contributed by atoms with Crippen LogP contribution in [-0.2, 0) is 13.6 Å². The molecule has 0 bridgehead atoms. The Morgan fingerprint density at radius 3 is 2.32 bits per heavy atom. The van der Waals surface area contributed by atoms with E-state index in [0.717, 1.165) is 37.1 Å². The SMILES string of the molecule is CCC(CC)(CC)NCc1nc2ccccc2n1C. The smallest absolute Gasteiger partial charge is 0.123 e. The molecule has 0 unspecified atom stereocenters. The zero-order chi connectivity index (χ0) is 13.9. The van der Waals surface area contributed by atoms with E-state index in [9.17, 15) is 0 Å². The Morgan fingerprint density at radius 1 is 1.11 bits per heavy atom. The fraction of sp³-hybridized carbons (Fsp3) is 0.562. The second-order valence-corrected chi connectivity index (χ2v) is 5.27. The number of fused-ring (bicyclic) bond motifs is 1. The largest absolute Gasteiger partial charge is 0.330 e. The first kappa shape index (κ1) is 14.1. The summed E-state index contributed by atoms with van der Waals surface area (Å²) in [5.74, 6) is 1.11. The fourth-order valence-electron chi connectivity index (χ4n) is 2.75. The van der Waals surface area contributed by atoms with Gasteiger partial charge in [0.2, 0.25) is 0 Å². The number of aromatic nitrogens is 2. The summed E-state index contributed by atoms with van der Waals surface area (Å²) in [7, 11) is 2.10. The molecular weight excluding hydrogens is 234 g/mol. The average molecular weight is 259 g/mol. The highest BCUT2D eigenvalue weighted by atomic mass is 15.1. The molecular formula is C16H25N3. The molecule has 0 amide bonds. The molecule has 1 aromatic heterocycles. The van der Waals surface area contributed by atoms with Gasteiger partial charge in [-0.25, -0.2) is 4.98 Å². The molecule has 3 nitrogen and oxygen atoms in total. The Balaban J connectivity index is 2.20. The first-order valence-corrected chi connectivity index (χ1v) is 7.31. The quantitative estimate of drug-likeness (QED) is 0.858. The van der Waals surface area contributed by atoms with E-state index in [1.165, 1.54) is 5.52 Å². The van der Waals surface area contributed by atoms with Crippen molar-refractivity contribution in [3.8, 4) is 0 Å². The molecule has 0 atom stereocenters. The van der Waals surface area contributed by atoms with Gasteiger partial charge in [-0.1, -0.05) is 32.9 Å². The third kappa shape index (κ3) is 2.66. The lowest BCUT2D eigenvalue weighted by molar-refractivity contribution is 0.284. The Hall–Kier alpha value is -1.35. The maximum Gasteiger partial charge on any atom is 0.123 e. The number of benzene rings is 1. The first-order chi connectivity index (χ1) is 9.15. The van der Waals surface area contributed by atoms with E-state index in [1.807, 2.05) is 6.07 Å². The summed E-state index contributed by atoms with van der Waals surface area (Å²) in [5, 5.41) is 3.72. The second kappa shape index (κ2) is 5.74. The molecule has 0 spiro atoms. The molecule has 3 heteroatoms. The molecule has 19 heavy (non-hydrogen) atoms. The van der Waals surface area contributed by atoms with Crippen molar-refractivity contribution in [2.45, 2.75) is 52.1 Å². The van der Waals surface area contributed by atoms with Crippen LogP contribution in [0.5, 0.6) is 0 Å². The summed E-state index contributed by atoms with van der Waals surface area (Å²) in [6.45, 7) is 7.61. The van der Waals surface area contributed by atoms with Gasteiger partial charge < -0.3 is 9.88 Å². The predicted molar refractivity (Wildman–Crippen MR) is 81.2 cm³/mol. The van der Waals surface area contributed by atoms with Crippen LogP contribution in [0.25, 0.3) is 11.0 Å². The van der Waals surface area contributed by atoms with E-state index in [-0.39, 0.29) is 5.54 Å². The highest BCUT2D eigenvalue weighted by Gasteiger charge is 2.23. The maximum absolute atomic E-state index is 4.72.